The highest BCUT2D eigenvalue weighted by molar-refractivity contribution is 7.13. The lowest BCUT2D eigenvalue weighted by Gasteiger charge is -2.27. The van der Waals surface area contributed by atoms with Gasteiger partial charge in [0.05, 0.1) is 5.56 Å². The minimum Gasteiger partial charge on any atom is -0.436 e. The van der Waals surface area contributed by atoms with Crippen LogP contribution in [0.3, 0.4) is 0 Å². The quantitative estimate of drug-likeness (QED) is 0.506. The summed E-state index contributed by atoms with van der Waals surface area (Å²) in [6.07, 6.45) is 4.65. The molecule has 166 valence electrons. The van der Waals surface area contributed by atoms with Crippen LogP contribution in [0.1, 0.15) is 51.0 Å². The highest BCUT2D eigenvalue weighted by atomic mass is 32.1. The molecule has 0 spiro atoms. The Balaban J connectivity index is 1.67. The number of nitrogens with zero attached hydrogens (tertiary/aromatic N) is 2. The van der Waals surface area contributed by atoms with E-state index in [2.05, 4.69) is 22.2 Å². The van der Waals surface area contributed by atoms with E-state index in [0.29, 0.717) is 34.1 Å². The van der Waals surface area contributed by atoms with Crippen molar-refractivity contribution in [3.63, 3.8) is 0 Å². The molecule has 31 heavy (non-hydrogen) atoms. The van der Waals surface area contributed by atoms with E-state index in [9.17, 15) is 18.3 Å². The molecule has 0 bridgehead atoms. The van der Waals surface area contributed by atoms with E-state index in [1.807, 2.05) is 6.08 Å². The lowest BCUT2D eigenvalue weighted by atomic mass is 9.93. The smallest absolute Gasteiger partial charge is 0.421 e. The number of hydrogen-bond acceptors (Lipinski definition) is 6. The molecule has 3 aromatic rings. The van der Waals surface area contributed by atoms with Crippen molar-refractivity contribution in [1.82, 2.24) is 15.3 Å². The topological polar surface area (TPSA) is 71.2 Å². The second kappa shape index (κ2) is 8.37. The van der Waals surface area contributed by atoms with Crippen LogP contribution in [0.4, 0.5) is 13.2 Å². The molecule has 1 fully saturated rings. The third-order valence-corrected chi connectivity index (χ3v) is 6.60. The molecular formula is C22H24F3N3O2S. The molecule has 9 heteroatoms. The summed E-state index contributed by atoms with van der Waals surface area (Å²) in [7, 11) is 0. The first kappa shape index (κ1) is 22.0. The maximum absolute atomic E-state index is 13.4. The van der Waals surface area contributed by atoms with Gasteiger partial charge in [0.1, 0.15) is 10.5 Å². The number of halogens is 3. The molecule has 2 aromatic heterocycles. The third kappa shape index (κ3) is 4.40. The Kier molecular flexibility index (Phi) is 5.93. The average Bonchev–Trinajstić information content (AvgIpc) is 3.46. The number of rotatable bonds is 6. The van der Waals surface area contributed by atoms with Gasteiger partial charge in [-0.15, -0.1) is 11.3 Å². The molecule has 3 heterocycles. The summed E-state index contributed by atoms with van der Waals surface area (Å²) < 4.78 is 46.2. The lowest BCUT2D eigenvalue weighted by Crippen LogP contribution is -2.39. The van der Waals surface area contributed by atoms with E-state index in [-0.39, 0.29) is 11.1 Å². The Morgan fingerprint density at radius 3 is 2.71 bits per heavy atom. The highest BCUT2D eigenvalue weighted by Crippen LogP contribution is 2.42. The van der Waals surface area contributed by atoms with Crippen LogP contribution < -0.4 is 5.32 Å². The molecule has 0 aliphatic carbocycles. The predicted octanol–water partition coefficient (Wildman–Crippen LogP) is 5.66. The second-order valence-corrected chi connectivity index (χ2v) is 8.91. The minimum absolute atomic E-state index is 0.247. The van der Waals surface area contributed by atoms with Crippen LogP contribution in [0.25, 0.3) is 27.7 Å². The van der Waals surface area contributed by atoms with Crippen LogP contribution in [0, 0.1) is 0 Å². The molecule has 1 saturated heterocycles. The largest absolute Gasteiger partial charge is 0.436 e. The zero-order chi connectivity index (χ0) is 22.2. The first-order chi connectivity index (χ1) is 14.7. The number of benzene rings is 1. The van der Waals surface area contributed by atoms with E-state index in [1.165, 1.54) is 23.5 Å². The zero-order valence-corrected chi connectivity index (χ0v) is 18.1. The second-order valence-electron chi connectivity index (χ2n) is 8.02. The SMILES string of the molecule is CCC1CCC(C/C=C/c2nc3cc(C(C)(O)C(F)(F)F)cc(-c4nccs4)c3o2)N1. The van der Waals surface area contributed by atoms with E-state index >= 15 is 0 Å². The number of hydrogen-bond donors (Lipinski definition) is 2. The van der Waals surface area contributed by atoms with E-state index in [1.54, 1.807) is 17.7 Å². The molecule has 1 aromatic carbocycles. The van der Waals surface area contributed by atoms with Crippen molar-refractivity contribution in [2.75, 3.05) is 0 Å². The zero-order valence-electron chi connectivity index (χ0n) is 17.2. The molecular weight excluding hydrogens is 427 g/mol. The molecule has 2 N–H and O–H groups in total. The Bertz CT molecular complexity index is 1070. The number of fused-ring (bicyclic) bond motifs is 1. The molecule has 1 aliphatic rings. The van der Waals surface area contributed by atoms with Gasteiger partial charge in [-0.1, -0.05) is 13.0 Å². The first-order valence-electron chi connectivity index (χ1n) is 10.3. The van der Waals surface area contributed by atoms with Crippen molar-refractivity contribution in [3.8, 4) is 10.6 Å². The maximum Gasteiger partial charge on any atom is 0.421 e. The molecule has 4 rings (SSSR count). The number of aromatic nitrogens is 2. The summed E-state index contributed by atoms with van der Waals surface area (Å²) in [6, 6.07) is 3.47. The summed E-state index contributed by atoms with van der Waals surface area (Å²) in [5.74, 6) is 0.307. The van der Waals surface area contributed by atoms with Crippen LogP contribution in [0.15, 0.2) is 34.2 Å². The van der Waals surface area contributed by atoms with Crippen molar-refractivity contribution in [1.29, 1.82) is 0 Å². The fourth-order valence-electron chi connectivity index (χ4n) is 3.82. The molecule has 0 amide bonds. The Morgan fingerprint density at radius 2 is 2.06 bits per heavy atom. The summed E-state index contributed by atoms with van der Waals surface area (Å²) >= 11 is 1.28. The molecule has 0 saturated carbocycles. The van der Waals surface area contributed by atoms with Crippen molar-refractivity contribution in [2.45, 2.75) is 63.4 Å². The van der Waals surface area contributed by atoms with Crippen LogP contribution >= 0.6 is 11.3 Å². The molecule has 1 aliphatic heterocycles. The van der Waals surface area contributed by atoms with Crippen molar-refractivity contribution in [2.24, 2.45) is 0 Å². The average molecular weight is 452 g/mol. The van der Waals surface area contributed by atoms with Gasteiger partial charge in [0, 0.05) is 23.7 Å². The van der Waals surface area contributed by atoms with Crippen molar-refractivity contribution < 1.29 is 22.7 Å². The van der Waals surface area contributed by atoms with Crippen molar-refractivity contribution in [3.05, 3.63) is 41.2 Å². The first-order valence-corrected chi connectivity index (χ1v) is 11.1. The van der Waals surface area contributed by atoms with Crippen LogP contribution in [-0.2, 0) is 5.60 Å². The Morgan fingerprint density at radius 1 is 1.29 bits per heavy atom. The van der Waals surface area contributed by atoms with Crippen LogP contribution in [0.2, 0.25) is 0 Å². The predicted molar refractivity (Wildman–Crippen MR) is 115 cm³/mol. The standard InChI is InChI=1S/C22H24F3N3O2S/c1-3-14-7-8-15(27-14)5-4-6-18-28-17-12-13(21(2,29)22(23,24)25)11-16(19(17)30-18)20-26-9-10-31-20/h4,6,9-12,14-15,27,29H,3,5,7-8H2,1-2H3/b6-4+. The molecule has 5 nitrogen and oxygen atoms in total. The number of alkyl halides is 3. The normalized spacial score (nSPS) is 21.9. The van der Waals surface area contributed by atoms with Gasteiger partial charge in [-0.05, 0) is 56.4 Å². The van der Waals surface area contributed by atoms with Crippen LogP contribution in [-0.4, -0.2) is 33.3 Å². The van der Waals surface area contributed by atoms with Gasteiger partial charge < -0.3 is 14.8 Å². The van der Waals surface area contributed by atoms with E-state index in [4.69, 9.17) is 4.42 Å². The number of oxazole rings is 1. The number of nitrogens with one attached hydrogen (secondary N) is 1. The van der Waals surface area contributed by atoms with Gasteiger partial charge in [0.2, 0.25) is 5.89 Å². The molecule has 3 unspecified atom stereocenters. The number of aliphatic hydroxyl groups is 1. The van der Waals surface area contributed by atoms with Gasteiger partial charge >= 0.3 is 6.18 Å². The van der Waals surface area contributed by atoms with E-state index < -0.39 is 11.8 Å². The third-order valence-electron chi connectivity index (χ3n) is 5.79. The van der Waals surface area contributed by atoms with Gasteiger partial charge in [-0.3, -0.25) is 0 Å². The molecule has 0 radical (unpaired) electrons. The van der Waals surface area contributed by atoms with E-state index in [0.717, 1.165) is 32.6 Å². The van der Waals surface area contributed by atoms with Crippen molar-refractivity contribution >= 4 is 28.5 Å². The summed E-state index contributed by atoms with van der Waals surface area (Å²) in [6.45, 7) is 2.90. The fourth-order valence-corrected chi connectivity index (χ4v) is 4.48. The lowest BCUT2D eigenvalue weighted by molar-refractivity contribution is -0.258. The monoisotopic (exact) mass is 451 g/mol. The van der Waals surface area contributed by atoms with Gasteiger partial charge in [-0.2, -0.15) is 13.2 Å². The van der Waals surface area contributed by atoms with Crippen LogP contribution in [0.5, 0.6) is 0 Å². The van der Waals surface area contributed by atoms with Gasteiger partial charge in [0.15, 0.2) is 11.2 Å². The maximum atomic E-state index is 13.4. The minimum atomic E-state index is -4.84. The Hall–Kier alpha value is -2.23. The summed E-state index contributed by atoms with van der Waals surface area (Å²) in [4.78, 5) is 8.56. The fraction of sp³-hybridized carbons (Fsp3) is 0.455. The molecule has 3 atom stereocenters. The summed E-state index contributed by atoms with van der Waals surface area (Å²) in [5.41, 5.74) is -2.35. The number of thiazole rings is 1. The Labute approximate surface area is 182 Å². The summed E-state index contributed by atoms with van der Waals surface area (Å²) in [5, 5.41) is 16.0. The van der Waals surface area contributed by atoms with Gasteiger partial charge in [-0.25, -0.2) is 9.97 Å². The highest BCUT2D eigenvalue weighted by Gasteiger charge is 2.51. The van der Waals surface area contributed by atoms with Gasteiger partial charge in [0.25, 0.3) is 0 Å².